The number of para-hydroxylation sites is 2. The first-order valence-corrected chi connectivity index (χ1v) is 9.80. The summed E-state index contributed by atoms with van der Waals surface area (Å²) in [5.74, 6) is 0.995. The van der Waals surface area contributed by atoms with Crippen molar-refractivity contribution in [1.29, 1.82) is 0 Å². The van der Waals surface area contributed by atoms with E-state index in [1.165, 1.54) is 16.9 Å². The minimum absolute atomic E-state index is 0.706. The monoisotopic (exact) mass is 365 g/mol. The van der Waals surface area contributed by atoms with Crippen LogP contribution in [0.1, 0.15) is 12.5 Å². The SMILES string of the molecule is CCOc1ccccc1N1CCN(CC=Cc2ccc(N(C)C)cc2)CC1. The van der Waals surface area contributed by atoms with E-state index in [4.69, 9.17) is 4.74 Å². The van der Waals surface area contributed by atoms with E-state index in [9.17, 15) is 0 Å². The van der Waals surface area contributed by atoms with Gasteiger partial charge in [-0.2, -0.15) is 0 Å². The van der Waals surface area contributed by atoms with Crippen molar-refractivity contribution in [3.8, 4) is 5.75 Å². The first-order valence-electron chi connectivity index (χ1n) is 9.80. The third-order valence-corrected chi connectivity index (χ3v) is 4.96. The smallest absolute Gasteiger partial charge is 0.142 e. The van der Waals surface area contributed by atoms with Crippen LogP contribution < -0.4 is 14.5 Å². The molecular weight excluding hydrogens is 334 g/mol. The molecule has 2 aromatic carbocycles. The Balaban J connectivity index is 1.50. The summed E-state index contributed by atoms with van der Waals surface area (Å²) in [5.41, 5.74) is 3.70. The standard InChI is InChI=1S/C23H31N3O/c1-4-27-23-10-6-5-9-22(23)26-18-16-25(17-19-26)15-7-8-20-11-13-21(14-12-20)24(2)3/h5-14H,4,15-19H2,1-3H3. The van der Waals surface area contributed by atoms with Crippen LogP contribution in [0.2, 0.25) is 0 Å². The molecular formula is C23H31N3O. The first kappa shape index (κ1) is 19.3. The van der Waals surface area contributed by atoms with Gasteiger partial charge in [-0.05, 0) is 36.8 Å². The van der Waals surface area contributed by atoms with Gasteiger partial charge in [0.25, 0.3) is 0 Å². The van der Waals surface area contributed by atoms with E-state index < -0.39 is 0 Å². The van der Waals surface area contributed by atoms with E-state index in [1.807, 2.05) is 13.0 Å². The average Bonchev–Trinajstić information content (AvgIpc) is 2.70. The Morgan fingerprint density at radius 3 is 2.33 bits per heavy atom. The number of hydrogen-bond donors (Lipinski definition) is 0. The Morgan fingerprint density at radius 1 is 0.963 bits per heavy atom. The van der Waals surface area contributed by atoms with E-state index in [0.717, 1.165) is 38.5 Å². The summed E-state index contributed by atoms with van der Waals surface area (Å²) < 4.78 is 5.78. The number of rotatable bonds is 7. The summed E-state index contributed by atoms with van der Waals surface area (Å²) in [4.78, 5) is 7.06. The van der Waals surface area contributed by atoms with Crippen LogP contribution >= 0.6 is 0 Å². The maximum Gasteiger partial charge on any atom is 0.142 e. The lowest BCUT2D eigenvalue weighted by Gasteiger charge is -2.36. The van der Waals surface area contributed by atoms with Gasteiger partial charge in [0.05, 0.1) is 12.3 Å². The summed E-state index contributed by atoms with van der Waals surface area (Å²) >= 11 is 0. The van der Waals surface area contributed by atoms with Gasteiger partial charge in [0.15, 0.2) is 0 Å². The van der Waals surface area contributed by atoms with Gasteiger partial charge in [-0.1, -0.05) is 36.4 Å². The molecule has 0 aromatic heterocycles. The molecule has 4 heteroatoms. The van der Waals surface area contributed by atoms with Crippen molar-refractivity contribution in [1.82, 2.24) is 4.90 Å². The zero-order chi connectivity index (χ0) is 19.1. The van der Waals surface area contributed by atoms with E-state index in [1.54, 1.807) is 0 Å². The molecule has 0 amide bonds. The predicted octanol–water partition coefficient (Wildman–Crippen LogP) is 3.99. The molecule has 1 saturated heterocycles. The number of nitrogens with zero attached hydrogens (tertiary/aromatic N) is 3. The normalized spacial score (nSPS) is 15.3. The zero-order valence-electron chi connectivity index (χ0n) is 16.8. The van der Waals surface area contributed by atoms with Gasteiger partial charge in [0.1, 0.15) is 5.75 Å². The van der Waals surface area contributed by atoms with Gasteiger partial charge in [0.2, 0.25) is 0 Å². The maximum absolute atomic E-state index is 5.78. The molecule has 0 unspecified atom stereocenters. The summed E-state index contributed by atoms with van der Waals surface area (Å²) in [5, 5.41) is 0. The Hall–Kier alpha value is -2.46. The summed E-state index contributed by atoms with van der Waals surface area (Å²) in [6.45, 7) is 7.96. The van der Waals surface area contributed by atoms with Crippen LogP contribution in [0.3, 0.4) is 0 Å². The number of piperazine rings is 1. The molecule has 3 rings (SSSR count). The van der Waals surface area contributed by atoms with Crippen LogP contribution in [0.5, 0.6) is 5.75 Å². The third-order valence-electron chi connectivity index (χ3n) is 4.96. The summed E-state index contributed by atoms with van der Waals surface area (Å²) in [6.07, 6.45) is 4.49. The highest BCUT2D eigenvalue weighted by molar-refractivity contribution is 5.59. The van der Waals surface area contributed by atoms with Crippen molar-refractivity contribution in [2.24, 2.45) is 0 Å². The molecule has 144 valence electrons. The van der Waals surface area contributed by atoms with Crippen LogP contribution in [0, 0.1) is 0 Å². The Morgan fingerprint density at radius 2 is 1.67 bits per heavy atom. The fourth-order valence-electron chi connectivity index (χ4n) is 3.39. The second-order valence-electron chi connectivity index (χ2n) is 7.08. The lowest BCUT2D eigenvalue weighted by atomic mass is 10.2. The molecule has 1 fully saturated rings. The molecule has 1 aliphatic heterocycles. The van der Waals surface area contributed by atoms with Crippen LogP contribution in [-0.4, -0.2) is 58.3 Å². The minimum Gasteiger partial charge on any atom is -0.492 e. The van der Waals surface area contributed by atoms with Gasteiger partial charge < -0.3 is 14.5 Å². The molecule has 0 atom stereocenters. The van der Waals surface area contributed by atoms with Crippen molar-refractivity contribution in [2.45, 2.75) is 6.92 Å². The molecule has 0 saturated carbocycles. The second-order valence-corrected chi connectivity index (χ2v) is 7.08. The largest absolute Gasteiger partial charge is 0.492 e. The number of ether oxygens (including phenoxy) is 1. The Labute approximate surface area is 163 Å². The summed E-state index contributed by atoms with van der Waals surface area (Å²) in [7, 11) is 4.13. The highest BCUT2D eigenvalue weighted by Crippen LogP contribution is 2.28. The lowest BCUT2D eigenvalue weighted by molar-refractivity contribution is 0.282. The van der Waals surface area contributed by atoms with Crippen molar-refractivity contribution in [2.75, 3.05) is 63.2 Å². The maximum atomic E-state index is 5.78. The van der Waals surface area contributed by atoms with E-state index in [0.29, 0.717) is 6.61 Å². The van der Waals surface area contributed by atoms with Crippen LogP contribution in [0.25, 0.3) is 6.08 Å². The quantitative estimate of drug-likeness (QED) is 0.738. The number of hydrogen-bond acceptors (Lipinski definition) is 4. The van der Waals surface area contributed by atoms with Gasteiger partial charge in [-0.15, -0.1) is 0 Å². The molecule has 1 heterocycles. The fraction of sp³-hybridized carbons (Fsp3) is 0.391. The predicted molar refractivity (Wildman–Crippen MR) is 116 cm³/mol. The van der Waals surface area contributed by atoms with E-state index in [2.05, 4.69) is 83.4 Å². The zero-order valence-corrected chi connectivity index (χ0v) is 16.8. The molecule has 4 nitrogen and oxygen atoms in total. The Kier molecular flexibility index (Phi) is 6.77. The van der Waals surface area contributed by atoms with E-state index in [-0.39, 0.29) is 0 Å². The molecule has 1 aliphatic rings. The van der Waals surface area contributed by atoms with E-state index >= 15 is 0 Å². The topological polar surface area (TPSA) is 19.0 Å². The van der Waals surface area contributed by atoms with Crippen molar-refractivity contribution in [3.63, 3.8) is 0 Å². The summed E-state index contributed by atoms with van der Waals surface area (Å²) in [6, 6.07) is 17.0. The Bertz CT molecular complexity index is 732. The fourth-order valence-corrected chi connectivity index (χ4v) is 3.39. The van der Waals surface area contributed by atoms with Gasteiger partial charge in [-0.25, -0.2) is 0 Å². The van der Waals surface area contributed by atoms with Crippen LogP contribution in [-0.2, 0) is 0 Å². The average molecular weight is 366 g/mol. The molecule has 0 aliphatic carbocycles. The highest BCUT2D eigenvalue weighted by Gasteiger charge is 2.18. The van der Waals surface area contributed by atoms with Crippen molar-refractivity contribution >= 4 is 17.5 Å². The highest BCUT2D eigenvalue weighted by atomic mass is 16.5. The number of anilines is 2. The van der Waals surface area contributed by atoms with Crippen molar-refractivity contribution < 1.29 is 4.74 Å². The third kappa shape index (κ3) is 5.27. The van der Waals surface area contributed by atoms with Gasteiger partial charge in [-0.3, -0.25) is 4.90 Å². The minimum atomic E-state index is 0.706. The molecule has 2 aromatic rings. The molecule has 0 N–H and O–H groups in total. The number of benzene rings is 2. The van der Waals surface area contributed by atoms with Crippen LogP contribution in [0.15, 0.2) is 54.6 Å². The van der Waals surface area contributed by atoms with Gasteiger partial charge in [0, 0.05) is 52.5 Å². The first-order chi connectivity index (χ1) is 13.2. The molecule has 0 spiro atoms. The van der Waals surface area contributed by atoms with Crippen molar-refractivity contribution in [3.05, 3.63) is 60.2 Å². The second kappa shape index (κ2) is 9.47. The molecule has 27 heavy (non-hydrogen) atoms. The van der Waals surface area contributed by atoms with Crippen LogP contribution in [0.4, 0.5) is 11.4 Å². The van der Waals surface area contributed by atoms with Gasteiger partial charge >= 0.3 is 0 Å². The molecule has 0 bridgehead atoms. The lowest BCUT2D eigenvalue weighted by Crippen LogP contribution is -2.46. The molecule has 0 radical (unpaired) electrons.